The summed E-state index contributed by atoms with van der Waals surface area (Å²) >= 11 is 0. The third kappa shape index (κ3) is 4.69. The Labute approximate surface area is 142 Å². The number of piperidine rings is 1. The van der Waals surface area contributed by atoms with E-state index in [1.54, 1.807) is 0 Å². The van der Waals surface area contributed by atoms with E-state index in [9.17, 15) is 0 Å². The standard InChI is InChI=1S/C20H35N3/c1-8-14(4)10-17(9-13(2)3)12-21-16(6)23(7)19-11-18-20(22-18)15(19)5/h12,14-15,18-20,22H,2,8-11H2,1,3-7H3. The molecule has 23 heavy (non-hydrogen) atoms. The van der Waals surface area contributed by atoms with Crippen molar-refractivity contribution >= 4 is 5.84 Å². The van der Waals surface area contributed by atoms with E-state index in [1.165, 1.54) is 24.0 Å². The van der Waals surface area contributed by atoms with Gasteiger partial charge in [-0.1, -0.05) is 39.3 Å². The van der Waals surface area contributed by atoms with Crippen molar-refractivity contribution in [3.05, 3.63) is 23.9 Å². The third-order valence-corrected chi connectivity index (χ3v) is 5.68. The van der Waals surface area contributed by atoms with E-state index in [4.69, 9.17) is 4.99 Å². The van der Waals surface area contributed by atoms with E-state index in [0.717, 1.165) is 30.8 Å². The van der Waals surface area contributed by atoms with Crippen molar-refractivity contribution < 1.29 is 0 Å². The number of nitrogens with one attached hydrogen (secondary N) is 1. The molecule has 0 bridgehead atoms. The molecular formula is C20H35N3. The second kappa shape index (κ2) is 7.65. The topological polar surface area (TPSA) is 37.5 Å². The van der Waals surface area contributed by atoms with Crippen molar-refractivity contribution in [2.24, 2.45) is 16.8 Å². The molecule has 1 saturated carbocycles. The lowest BCUT2D eigenvalue weighted by Gasteiger charge is -2.31. The van der Waals surface area contributed by atoms with Gasteiger partial charge in [-0.15, -0.1) is 0 Å². The van der Waals surface area contributed by atoms with Gasteiger partial charge in [0.25, 0.3) is 0 Å². The summed E-state index contributed by atoms with van der Waals surface area (Å²) in [6.45, 7) is 15.3. The van der Waals surface area contributed by atoms with Crippen LogP contribution in [0.4, 0.5) is 0 Å². The Balaban J connectivity index is 2.02. The quantitative estimate of drug-likeness (QED) is 0.328. The largest absolute Gasteiger partial charge is 0.360 e. The second-order valence-electron chi connectivity index (χ2n) is 7.89. The first kappa shape index (κ1) is 18.3. The number of rotatable bonds is 7. The average Bonchev–Trinajstić information content (AvgIpc) is 3.20. The molecular weight excluding hydrogens is 282 g/mol. The minimum atomic E-state index is 0.627. The zero-order chi connectivity index (χ0) is 17.1. The highest BCUT2D eigenvalue weighted by molar-refractivity contribution is 5.80. The average molecular weight is 318 g/mol. The van der Waals surface area contributed by atoms with Crippen LogP contribution in [-0.4, -0.2) is 35.9 Å². The van der Waals surface area contributed by atoms with Crippen LogP contribution < -0.4 is 5.32 Å². The molecule has 130 valence electrons. The predicted molar refractivity (Wildman–Crippen MR) is 101 cm³/mol. The van der Waals surface area contributed by atoms with Crippen molar-refractivity contribution in [1.82, 2.24) is 10.2 Å². The Morgan fingerprint density at radius 2 is 2.13 bits per heavy atom. The van der Waals surface area contributed by atoms with Crippen LogP contribution in [0, 0.1) is 11.8 Å². The molecule has 1 heterocycles. The fraction of sp³-hybridized carbons (Fsp3) is 0.750. The molecule has 2 rings (SSSR count). The summed E-state index contributed by atoms with van der Waals surface area (Å²) in [5.41, 5.74) is 2.62. The Morgan fingerprint density at radius 3 is 2.65 bits per heavy atom. The van der Waals surface area contributed by atoms with Crippen LogP contribution in [-0.2, 0) is 0 Å². The summed E-state index contributed by atoms with van der Waals surface area (Å²) in [7, 11) is 2.20. The van der Waals surface area contributed by atoms with Gasteiger partial charge in [0, 0.05) is 31.4 Å². The van der Waals surface area contributed by atoms with Gasteiger partial charge in [-0.05, 0) is 50.5 Å². The van der Waals surface area contributed by atoms with Crippen LogP contribution in [0.2, 0.25) is 0 Å². The van der Waals surface area contributed by atoms with E-state index in [-0.39, 0.29) is 0 Å². The van der Waals surface area contributed by atoms with Crippen molar-refractivity contribution in [3.8, 4) is 0 Å². The van der Waals surface area contributed by atoms with E-state index in [0.29, 0.717) is 17.9 Å². The first-order chi connectivity index (χ1) is 10.8. The summed E-state index contributed by atoms with van der Waals surface area (Å²) in [6, 6.07) is 2.13. The molecule has 0 spiro atoms. The summed E-state index contributed by atoms with van der Waals surface area (Å²) in [5.74, 6) is 2.56. The molecule has 0 aromatic heterocycles. The molecule has 3 nitrogen and oxygen atoms in total. The zero-order valence-electron chi connectivity index (χ0n) is 15.9. The van der Waals surface area contributed by atoms with Gasteiger partial charge in [-0.3, -0.25) is 0 Å². The lowest BCUT2D eigenvalue weighted by atomic mass is 9.95. The third-order valence-electron chi connectivity index (χ3n) is 5.68. The van der Waals surface area contributed by atoms with Gasteiger partial charge >= 0.3 is 0 Å². The van der Waals surface area contributed by atoms with Crippen molar-refractivity contribution in [2.75, 3.05) is 7.05 Å². The van der Waals surface area contributed by atoms with Crippen LogP contribution in [0.1, 0.15) is 60.3 Å². The summed E-state index contributed by atoms with van der Waals surface area (Å²) in [4.78, 5) is 7.19. The van der Waals surface area contributed by atoms with Gasteiger partial charge in [0.2, 0.25) is 0 Å². The maximum absolute atomic E-state index is 4.80. The highest BCUT2D eigenvalue weighted by atomic mass is 15.3. The molecule has 1 aliphatic heterocycles. The van der Waals surface area contributed by atoms with E-state index < -0.39 is 0 Å². The van der Waals surface area contributed by atoms with Crippen LogP contribution in [0.25, 0.3) is 0 Å². The van der Waals surface area contributed by atoms with E-state index in [2.05, 4.69) is 64.7 Å². The number of hydrogen-bond acceptors (Lipinski definition) is 2. The molecule has 0 amide bonds. The minimum absolute atomic E-state index is 0.627. The molecule has 1 aliphatic carbocycles. The maximum Gasteiger partial charge on any atom is 0.101 e. The predicted octanol–water partition coefficient (Wildman–Crippen LogP) is 4.37. The number of fused-ring (bicyclic) bond motifs is 1. The van der Waals surface area contributed by atoms with Gasteiger partial charge in [0.1, 0.15) is 5.84 Å². The number of amidine groups is 1. The van der Waals surface area contributed by atoms with Gasteiger partial charge in [-0.25, -0.2) is 4.99 Å². The van der Waals surface area contributed by atoms with Gasteiger partial charge < -0.3 is 10.2 Å². The number of aliphatic imine (C=N–C) groups is 1. The molecule has 5 unspecified atom stereocenters. The van der Waals surface area contributed by atoms with Crippen LogP contribution in [0.15, 0.2) is 28.9 Å². The summed E-state index contributed by atoms with van der Waals surface area (Å²) in [6.07, 6.45) is 6.66. The minimum Gasteiger partial charge on any atom is -0.360 e. The highest BCUT2D eigenvalue weighted by Crippen LogP contribution is 2.38. The fourth-order valence-electron chi connectivity index (χ4n) is 3.82. The smallest absolute Gasteiger partial charge is 0.101 e. The molecule has 0 aromatic rings. The highest BCUT2D eigenvalue weighted by Gasteiger charge is 2.52. The van der Waals surface area contributed by atoms with Crippen LogP contribution >= 0.6 is 0 Å². The maximum atomic E-state index is 4.80. The lowest BCUT2D eigenvalue weighted by Crippen LogP contribution is -2.40. The number of nitrogens with zero attached hydrogens (tertiary/aromatic N) is 2. The molecule has 2 aliphatic rings. The fourth-order valence-corrected chi connectivity index (χ4v) is 3.82. The Morgan fingerprint density at radius 1 is 1.43 bits per heavy atom. The van der Waals surface area contributed by atoms with Gasteiger partial charge in [0.05, 0.1) is 0 Å². The molecule has 3 heteroatoms. The number of allylic oxidation sites excluding steroid dienone is 2. The lowest BCUT2D eigenvalue weighted by molar-refractivity contribution is 0.283. The first-order valence-electron chi connectivity index (χ1n) is 9.19. The van der Waals surface area contributed by atoms with Crippen LogP contribution in [0.3, 0.4) is 0 Å². The molecule has 0 aromatic carbocycles. The Kier molecular flexibility index (Phi) is 6.07. The molecule has 0 radical (unpaired) electrons. The summed E-state index contributed by atoms with van der Waals surface area (Å²) < 4.78 is 0. The SMILES string of the molecule is C=C(C)CC(=CN=C(C)N(C)C1CC2NC2C1C)CC(C)CC. The number of hydrogen-bond donors (Lipinski definition) is 1. The van der Waals surface area contributed by atoms with E-state index >= 15 is 0 Å². The van der Waals surface area contributed by atoms with Crippen LogP contribution in [0.5, 0.6) is 0 Å². The van der Waals surface area contributed by atoms with E-state index in [1.807, 2.05) is 0 Å². The van der Waals surface area contributed by atoms with Gasteiger partial charge in [-0.2, -0.15) is 0 Å². The zero-order valence-corrected chi connectivity index (χ0v) is 15.9. The molecule has 1 saturated heterocycles. The van der Waals surface area contributed by atoms with Crippen molar-refractivity contribution in [3.63, 3.8) is 0 Å². The Bertz CT molecular complexity index is 491. The first-order valence-corrected chi connectivity index (χ1v) is 9.19. The molecule has 2 fully saturated rings. The monoisotopic (exact) mass is 317 g/mol. The normalized spacial score (nSPS) is 31.7. The molecule has 1 N–H and O–H groups in total. The second-order valence-corrected chi connectivity index (χ2v) is 7.89. The summed E-state index contributed by atoms with van der Waals surface area (Å²) in [5, 5.41) is 3.55. The van der Waals surface area contributed by atoms with Gasteiger partial charge in [0.15, 0.2) is 0 Å². The van der Waals surface area contributed by atoms with Crippen molar-refractivity contribution in [1.29, 1.82) is 0 Å². The molecule has 5 atom stereocenters. The Hall–Kier alpha value is -1.09. The van der Waals surface area contributed by atoms with Crippen molar-refractivity contribution in [2.45, 2.75) is 78.4 Å².